The Labute approximate surface area is 106 Å². The van der Waals surface area contributed by atoms with Gasteiger partial charge < -0.3 is 9.15 Å². The third kappa shape index (κ3) is 1.26. The highest BCUT2D eigenvalue weighted by Gasteiger charge is 2.67. The number of ether oxygens (including phenoxy) is 1. The predicted molar refractivity (Wildman–Crippen MR) is 63.0 cm³/mol. The largest absolute Gasteiger partial charge is 0.461 e. The van der Waals surface area contributed by atoms with E-state index in [1.54, 1.807) is 0 Å². The van der Waals surface area contributed by atoms with Gasteiger partial charge in [-0.3, -0.25) is 0 Å². The summed E-state index contributed by atoms with van der Waals surface area (Å²) in [6.45, 7) is 2.19. The topological polar surface area (TPSA) is 52.3 Å². The minimum Gasteiger partial charge on any atom is -0.461 e. The summed E-state index contributed by atoms with van der Waals surface area (Å²) in [5.41, 5.74) is 0.413. The summed E-state index contributed by atoms with van der Waals surface area (Å²) >= 11 is 0. The van der Waals surface area contributed by atoms with Crippen molar-refractivity contribution in [2.75, 3.05) is 6.61 Å². The number of esters is 1. The molecular weight excluding hydrogens is 230 g/mol. The van der Waals surface area contributed by atoms with Gasteiger partial charge in [0.2, 0.25) is 0 Å². The normalized spacial score (nSPS) is 39.7. The lowest BCUT2D eigenvalue weighted by atomic mass is 10.00. The van der Waals surface area contributed by atoms with Crippen LogP contribution in [-0.4, -0.2) is 17.6 Å². The van der Waals surface area contributed by atoms with E-state index in [-0.39, 0.29) is 5.97 Å². The standard InChI is InChI=1S/C14H17NO3/c1-2-17-14(16)12-13(18-6-15-12)11-9-7-3-4-8(5-7)10(9)11/h6-11H,2-5H2,1H3. The van der Waals surface area contributed by atoms with Gasteiger partial charge in [0.15, 0.2) is 12.1 Å². The van der Waals surface area contributed by atoms with Gasteiger partial charge in [0, 0.05) is 5.92 Å². The summed E-state index contributed by atoms with van der Waals surface area (Å²) in [6, 6.07) is 0. The molecule has 3 saturated carbocycles. The Bertz CT molecular complexity index is 479. The van der Waals surface area contributed by atoms with Crippen LogP contribution in [0.3, 0.4) is 0 Å². The minimum absolute atomic E-state index is 0.335. The molecule has 0 spiro atoms. The van der Waals surface area contributed by atoms with Crippen molar-refractivity contribution in [3.05, 3.63) is 17.8 Å². The van der Waals surface area contributed by atoms with Crippen LogP contribution in [0, 0.1) is 23.7 Å². The van der Waals surface area contributed by atoms with Crippen molar-refractivity contribution in [3.63, 3.8) is 0 Å². The van der Waals surface area contributed by atoms with Gasteiger partial charge in [0.05, 0.1) is 6.61 Å². The molecule has 1 aromatic heterocycles. The summed E-state index contributed by atoms with van der Waals surface area (Å²) in [7, 11) is 0. The van der Waals surface area contributed by atoms with Crippen LogP contribution < -0.4 is 0 Å². The maximum Gasteiger partial charge on any atom is 0.360 e. The number of carbonyl (C=O) groups is 1. The van der Waals surface area contributed by atoms with Crippen molar-refractivity contribution in [3.8, 4) is 0 Å². The van der Waals surface area contributed by atoms with Gasteiger partial charge in [0.25, 0.3) is 0 Å². The first-order valence-corrected chi connectivity index (χ1v) is 6.91. The van der Waals surface area contributed by atoms with E-state index in [1.807, 2.05) is 6.92 Å². The zero-order valence-electron chi connectivity index (χ0n) is 10.5. The fraction of sp³-hybridized carbons (Fsp3) is 0.714. The number of nitrogens with zero attached hydrogens (tertiary/aromatic N) is 1. The van der Waals surface area contributed by atoms with Crippen molar-refractivity contribution in [1.29, 1.82) is 0 Å². The molecule has 4 unspecified atom stereocenters. The van der Waals surface area contributed by atoms with Crippen molar-refractivity contribution < 1.29 is 13.9 Å². The van der Waals surface area contributed by atoms with E-state index in [0.717, 1.165) is 29.4 Å². The fourth-order valence-electron chi connectivity index (χ4n) is 4.52. The zero-order chi connectivity index (χ0) is 12.3. The highest BCUT2D eigenvalue weighted by atomic mass is 16.5. The average Bonchev–Trinajstić information content (AvgIpc) is 2.80. The maximum atomic E-state index is 11.8. The second-order valence-corrected chi connectivity index (χ2v) is 5.80. The smallest absolute Gasteiger partial charge is 0.360 e. The first kappa shape index (κ1) is 10.6. The Morgan fingerprint density at radius 1 is 1.44 bits per heavy atom. The first-order chi connectivity index (χ1) is 8.81. The highest BCUT2D eigenvalue weighted by Crippen LogP contribution is 2.73. The molecule has 4 heteroatoms. The Kier molecular flexibility index (Phi) is 2.11. The van der Waals surface area contributed by atoms with Gasteiger partial charge >= 0.3 is 5.97 Å². The fourth-order valence-corrected chi connectivity index (χ4v) is 4.52. The van der Waals surface area contributed by atoms with Gasteiger partial charge in [-0.1, -0.05) is 0 Å². The quantitative estimate of drug-likeness (QED) is 0.770. The maximum absolute atomic E-state index is 11.8. The lowest BCUT2D eigenvalue weighted by Crippen LogP contribution is -2.09. The molecule has 4 nitrogen and oxygen atoms in total. The van der Waals surface area contributed by atoms with Crippen LogP contribution in [0.5, 0.6) is 0 Å². The molecule has 18 heavy (non-hydrogen) atoms. The molecule has 1 heterocycles. The number of fused-ring (bicyclic) bond motifs is 5. The van der Waals surface area contributed by atoms with Crippen LogP contribution in [0.1, 0.15) is 48.4 Å². The number of aromatic nitrogens is 1. The monoisotopic (exact) mass is 247 g/mol. The molecule has 4 atom stereocenters. The molecular formula is C14H17NO3. The summed E-state index contributed by atoms with van der Waals surface area (Å²) in [6.07, 6.45) is 5.52. The van der Waals surface area contributed by atoms with Crippen LogP contribution in [0.2, 0.25) is 0 Å². The van der Waals surface area contributed by atoms with Crippen LogP contribution in [0.15, 0.2) is 10.8 Å². The highest BCUT2D eigenvalue weighted by molar-refractivity contribution is 5.88. The lowest BCUT2D eigenvalue weighted by Gasteiger charge is -2.07. The predicted octanol–water partition coefficient (Wildman–Crippen LogP) is 2.61. The number of rotatable bonds is 3. The van der Waals surface area contributed by atoms with Crippen LogP contribution >= 0.6 is 0 Å². The third-order valence-electron chi connectivity index (χ3n) is 5.10. The molecule has 0 aliphatic heterocycles. The molecule has 3 aliphatic rings. The third-order valence-corrected chi connectivity index (χ3v) is 5.10. The van der Waals surface area contributed by atoms with E-state index in [2.05, 4.69) is 4.98 Å². The zero-order valence-corrected chi connectivity index (χ0v) is 10.5. The second-order valence-electron chi connectivity index (χ2n) is 5.80. The molecule has 0 aromatic carbocycles. The molecule has 0 saturated heterocycles. The molecule has 0 N–H and O–H groups in total. The number of hydrogen-bond donors (Lipinski definition) is 0. The van der Waals surface area contributed by atoms with Crippen LogP contribution in [-0.2, 0) is 4.74 Å². The van der Waals surface area contributed by atoms with E-state index in [0.29, 0.717) is 18.2 Å². The Hall–Kier alpha value is -1.32. The minimum atomic E-state index is -0.335. The van der Waals surface area contributed by atoms with E-state index >= 15 is 0 Å². The molecule has 0 amide bonds. The van der Waals surface area contributed by atoms with Crippen LogP contribution in [0.25, 0.3) is 0 Å². The number of oxazole rings is 1. The molecule has 3 aliphatic carbocycles. The molecule has 1 aromatic rings. The summed E-state index contributed by atoms with van der Waals surface area (Å²) in [5, 5.41) is 0. The molecule has 4 rings (SSSR count). The van der Waals surface area contributed by atoms with Crippen LogP contribution in [0.4, 0.5) is 0 Å². The average molecular weight is 247 g/mol. The molecule has 2 bridgehead atoms. The van der Waals surface area contributed by atoms with Gasteiger partial charge in [-0.15, -0.1) is 0 Å². The Morgan fingerprint density at radius 2 is 2.17 bits per heavy atom. The molecule has 3 fully saturated rings. The Morgan fingerprint density at radius 3 is 2.83 bits per heavy atom. The van der Waals surface area contributed by atoms with Gasteiger partial charge in [0.1, 0.15) is 5.76 Å². The van der Waals surface area contributed by atoms with E-state index < -0.39 is 0 Å². The summed E-state index contributed by atoms with van der Waals surface area (Å²) in [4.78, 5) is 15.9. The SMILES string of the molecule is CCOC(=O)c1ncoc1C1C2C3CCC(C3)C12. The second kappa shape index (κ2) is 3.59. The lowest BCUT2D eigenvalue weighted by molar-refractivity contribution is 0.0517. The van der Waals surface area contributed by atoms with Crippen molar-refractivity contribution in [1.82, 2.24) is 4.98 Å². The molecule has 96 valence electrons. The van der Waals surface area contributed by atoms with Crippen molar-refractivity contribution in [2.45, 2.75) is 32.1 Å². The number of carbonyl (C=O) groups excluding carboxylic acids is 1. The van der Waals surface area contributed by atoms with Gasteiger partial charge in [-0.25, -0.2) is 9.78 Å². The van der Waals surface area contributed by atoms with E-state index in [4.69, 9.17) is 9.15 Å². The van der Waals surface area contributed by atoms with Crippen molar-refractivity contribution in [2.24, 2.45) is 23.7 Å². The van der Waals surface area contributed by atoms with Crippen molar-refractivity contribution >= 4 is 5.97 Å². The van der Waals surface area contributed by atoms with E-state index in [1.165, 1.54) is 25.7 Å². The van der Waals surface area contributed by atoms with E-state index in [9.17, 15) is 4.79 Å². The summed E-state index contributed by atoms with van der Waals surface area (Å²) in [5.74, 6) is 4.14. The first-order valence-electron chi connectivity index (χ1n) is 6.91. The Balaban J connectivity index is 1.60. The van der Waals surface area contributed by atoms with Gasteiger partial charge in [-0.05, 0) is 49.9 Å². The molecule has 0 radical (unpaired) electrons. The number of hydrogen-bond acceptors (Lipinski definition) is 4. The summed E-state index contributed by atoms with van der Waals surface area (Å²) < 4.78 is 10.5. The van der Waals surface area contributed by atoms with Gasteiger partial charge in [-0.2, -0.15) is 0 Å².